The summed E-state index contributed by atoms with van der Waals surface area (Å²) >= 11 is 6.02. The number of rotatable bonds is 6. The standard InChI is InChI=1S/C17H15ClF3N3O4/c1-10-13(16(18)24(2)23-10)7-8-15(26)27-9-14(25)22-11-3-5-12(6-4-11)28-17(19,20)21/h3-8H,9H2,1-2H3,(H,22,25)/b8-7+. The molecule has 7 nitrogen and oxygen atoms in total. The Balaban J connectivity index is 1.83. The van der Waals surface area contributed by atoms with Crippen molar-refractivity contribution in [3.05, 3.63) is 46.8 Å². The van der Waals surface area contributed by atoms with Gasteiger partial charge in [-0.05, 0) is 37.3 Å². The SMILES string of the molecule is Cc1nn(C)c(Cl)c1/C=C/C(=O)OCC(=O)Nc1ccc(OC(F)(F)F)cc1. The molecule has 0 bridgehead atoms. The molecule has 1 heterocycles. The van der Waals surface area contributed by atoms with E-state index in [1.165, 1.54) is 22.9 Å². The third kappa shape index (κ3) is 6.31. The molecule has 0 saturated carbocycles. The summed E-state index contributed by atoms with van der Waals surface area (Å²) in [7, 11) is 1.65. The third-order valence-electron chi connectivity index (χ3n) is 3.30. The molecule has 0 radical (unpaired) electrons. The van der Waals surface area contributed by atoms with Crippen LogP contribution in [-0.2, 0) is 21.4 Å². The van der Waals surface area contributed by atoms with Gasteiger partial charge in [-0.15, -0.1) is 13.2 Å². The average molecular weight is 418 g/mol. The normalized spacial score (nSPS) is 11.5. The van der Waals surface area contributed by atoms with Crippen LogP contribution in [0.3, 0.4) is 0 Å². The zero-order chi connectivity index (χ0) is 20.9. The van der Waals surface area contributed by atoms with E-state index in [1.807, 2.05) is 0 Å². The lowest BCUT2D eigenvalue weighted by Crippen LogP contribution is -2.20. The first-order valence-corrected chi connectivity index (χ1v) is 8.12. The summed E-state index contributed by atoms with van der Waals surface area (Å²) in [4.78, 5) is 23.5. The summed E-state index contributed by atoms with van der Waals surface area (Å²) < 4.78 is 46.2. The summed E-state index contributed by atoms with van der Waals surface area (Å²) in [5.41, 5.74) is 1.38. The van der Waals surface area contributed by atoms with Crippen LogP contribution in [0.2, 0.25) is 5.15 Å². The summed E-state index contributed by atoms with van der Waals surface area (Å²) in [5, 5.41) is 6.80. The number of benzene rings is 1. The first kappa shape index (κ1) is 21.3. The lowest BCUT2D eigenvalue weighted by Gasteiger charge is -2.10. The number of nitrogens with zero attached hydrogens (tertiary/aromatic N) is 2. The topological polar surface area (TPSA) is 82.5 Å². The molecule has 0 unspecified atom stereocenters. The van der Waals surface area contributed by atoms with Crippen LogP contribution in [0, 0.1) is 6.92 Å². The minimum atomic E-state index is -4.80. The summed E-state index contributed by atoms with van der Waals surface area (Å²) in [6.07, 6.45) is -2.28. The predicted octanol–water partition coefficient (Wildman–Crippen LogP) is 3.48. The minimum absolute atomic E-state index is 0.212. The maximum atomic E-state index is 12.1. The van der Waals surface area contributed by atoms with Gasteiger partial charge >= 0.3 is 12.3 Å². The number of alkyl halides is 3. The maximum Gasteiger partial charge on any atom is 0.573 e. The van der Waals surface area contributed by atoms with Crippen LogP contribution >= 0.6 is 11.6 Å². The van der Waals surface area contributed by atoms with Crippen LogP contribution in [0.4, 0.5) is 18.9 Å². The van der Waals surface area contributed by atoms with Crippen molar-refractivity contribution in [2.45, 2.75) is 13.3 Å². The number of aromatic nitrogens is 2. The number of ether oxygens (including phenoxy) is 2. The van der Waals surface area contributed by atoms with E-state index in [0.29, 0.717) is 16.4 Å². The number of halogens is 4. The number of amides is 1. The summed E-state index contributed by atoms with van der Waals surface area (Å²) in [6.45, 7) is 1.14. The number of carbonyl (C=O) groups is 2. The Bertz CT molecular complexity index is 892. The molecular formula is C17H15ClF3N3O4. The number of esters is 1. The van der Waals surface area contributed by atoms with Crippen molar-refractivity contribution >= 4 is 35.2 Å². The van der Waals surface area contributed by atoms with E-state index in [9.17, 15) is 22.8 Å². The van der Waals surface area contributed by atoms with Gasteiger partial charge in [-0.25, -0.2) is 4.79 Å². The predicted molar refractivity (Wildman–Crippen MR) is 94.7 cm³/mol. The quantitative estimate of drug-likeness (QED) is 0.575. The Kier molecular flexibility index (Phi) is 6.68. The molecule has 1 aromatic heterocycles. The van der Waals surface area contributed by atoms with Crippen LogP contribution in [0.1, 0.15) is 11.3 Å². The van der Waals surface area contributed by atoms with E-state index in [4.69, 9.17) is 16.3 Å². The van der Waals surface area contributed by atoms with Crippen molar-refractivity contribution in [2.75, 3.05) is 11.9 Å². The molecule has 150 valence electrons. The number of aryl methyl sites for hydroxylation is 2. The Morgan fingerprint density at radius 1 is 1.29 bits per heavy atom. The van der Waals surface area contributed by atoms with Crippen molar-refractivity contribution in [1.82, 2.24) is 9.78 Å². The highest BCUT2D eigenvalue weighted by Crippen LogP contribution is 2.24. The molecule has 0 spiro atoms. The fourth-order valence-corrected chi connectivity index (χ4v) is 2.35. The molecular weight excluding hydrogens is 403 g/mol. The van der Waals surface area contributed by atoms with Crippen molar-refractivity contribution in [3.63, 3.8) is 0 Å². The van der Waals surface area contributed by atoms with E-state index in [1.54, 1.807) is 14.0 Å². The number of nitrogens with one attached hydrogen (secondary N) is 1. The van der Waals surface area contributed by atoms with Gasteiger partial charge in [-0.2, -0.15) is 5.10 Å². The molecule has 1 N–H and O–H groups in total. The molecule has 11 heteroatoms. The van der Waals surface area contributed by atoms with Crippen LogP contribution < -0.4 is 10.1 Å². The van der Waals surface area contributed by atoms with Crippen LogP contribution in [0.5, 0.6) is 5.75 Å². The minimum Gasteiger partial charge on any atom is -0.452 e. The van der Waals surface area contributed by atoms with Crippen molar-refractivity contribution < 1.29 is 32.2 Å². The molecule has 2 rings (SSSR count). The smallest absolute Gasteiger partial charge is 0.452 e. The van der Waals surface area contributed by atoms with Gasteiger partial charge in [0.1, 0.15) is 10.9 Å². The lowest BCUT2D eigenvalue weighted by molar-refractivity contribution is -0.274. The molecule has 0 aliphatic carbocycles. The zero-order valence-electron chi connectivity index (χ0n) is 14.7. The molecule has 0 saturated heterocycles. The van der Waals surface area contributed by atoms with Gasteiger partial charge in [0.05, 0.1) is 5.69 Å². The Morgan fingerprint density at radius 2 is 1.93 bits per heavy atom. The van der Waals surface area contributed by atoms with Crippen molar-refractivity contribution in [2.24, 2.45) is 7.05 Å². The molecule has 0 aliphatic heterocycles. The highest BCUT2D eigenvalue weighted by molar-refractivity contribution is 6.31. The number of hydrogen-bond acceptors (Lipinski definition) is 5. The average Bonchev–Trinajstić information content (AvgIpc) is 2.84. The maximum absolute atomic E-state index is 12.1. The second kappa shape index (κ2) is 8.79. The molecule has 2 aromatic rings. The number of anilines is 1. The zero-order valence-corrected chi connectivity index (χ0v) is 15.5. The first-order valence-electron chi connectivity index (χ1n) is 7.75. The van der Waals surface area contributed by atoms with E-state index in [2.05, 4.69) is 15.2 Å². The molecule has 1 aromatic carbocycles. The van der Waals surface area contributed by atoms with Crippen LogP contribution in [0.15, 0.2) is 30.3 Å². The van der Waals surface area contributed by atoms with Crippen LogP contribution in [-0.4, -0.2) is 34.6 Å². The Morgan fingerprint density at radius 3 is 2.46 bits per heavy atom. The molecule has 0 atom stereocenters. The highest BCUT2D eigenvalue weighted by atomic mass is 35.5. The lowest BCUT2D eigenvalue weighted by atomic mass is 10.2. The monoisotopic (exact) mass is 417 g/mol. The van der Waals surface area contributed by atoms with Crippen molar-refractivity contribution in [1.29, 1.82) is 0 Å². The van der Waals surface area contributed by atoms with Crippen molar-refractivity contribution in [3.8, 4) is 5.75 Å². The number of carbonyl (C=O) groups excluding carboxylic acids is 2. The Labute approximate surface area is 162 Å². The first-order chi connectivity index (χ1) is 13.0. The van der Waals surface area contributed by atoms with E-state index < -0.39 is 30.6 Å². The van der Waals surface area contributed by atoms with Gasteiger partial charge in [0.15, 0.2) is 6.61 Å². The molecule has 1 amide bonds. The summed E-state index contributed by atoms with van der Waals surface area (Å²) in [5.74, 6) is -1.86. The molecule has 0 aliphatic rings. The van der Waals surface area contributed by atoms with E-state index in [0.717, 1.165) is 18.2 Å². The van der Waals surface area contributed by atoms with Gasteiger partial charge in [0.2, 0.25) is 0 Å². The van der Waals surface area contributed by atoms with Gasteiger partial charge in [-0.3, -0.25) is 9.48 Å². The third-order valence-corrected chi connectivity index (χ3v) is 3.75. The van der Waals surface area contributed by atoms with Gasteiger partial charge in [-0.1, -0.05) is 11.6 Å². The summed E-state index contributed by atoms with van der Waals surface area (Å²) in [6, 6.07) is 4.51. The fourth-order valence-electron chi connectivity index (χ4n) is 2.11. The molecule has 0 fully saturated rings. The Hall–Kier alpha value is -3.01. The van der Waals surface area contributed by atoms with Gasteiger partial charge < -0.3 is 14.8 Å². The highest BCUT2D eigenvalue weighted by Gasteiger charge is 2.30. The number of hydrogen-bond donors (Lipinski definition) is 1. The second-order valence-electron chi connectivity index (χ2n) is 5.47. The van der Waals surface area contributed by atoms with E-state index >= 15 is 0 Å². The molecule has 28 heavy (non-hydrogen) atoms. The van der Waals surface area contributed by atoms with Gasteiger partial charge in [0.25, 0.3) is 5.91 Å². The largest absolute Gasteiger partial charge is 0.573 e. The fraction of sp³-hybridized carbons (Fsp3) is 0.235. The van der Waals surface area contributed by atoms with Crippen LogP contribution in [0.25, 0.3) is 6.08 Å². The van der Waals surface area contributed by atoms with E-state index in [-0.39, 0.29) is 5.69 Å². The second-order valence-corrected chi connectivity index (χ2v) is 5.83. The van der Waals surface area contributed by atoms with Gasteiger partial charge in [0, 0.05) is 24.4 Å².